The highest BCUT2D eigenvalue weighted by Crippen LogP contribution is 2.28. The fourth-order valence-electron chi connectivity index (χ4n) is 3.43. The van der Waals surface area contributed by atoms with Crippen LogP contribution in [0.1, 0.15) is 11.1 Å². The molecule has 3 aromatic rings. The Morgan fingerprint density at radius 3 is 2.12 bits per heavy atom. The van der Waals surface area contributed by atoms with Crippen LogP contribution in [0, 0.1) is 6.92 Å². The summed E-state index contributed by atoms with van der Waals surface area (Å²) in [5.74, 6) is 1.25. The summed E-state index contributed by atoms with van der Waals surface area (Å²) in [6.07, 6.45) is 0. The van der Waals surface area contributed by atoms with E-state index in [0.29, 0.717) is 28.5 Å². The number of anilines is 1. The van der Waals surface area contributed by atoms with Crippen LogP contribution in [0.5, 0.6) is 17.2 Å². The number of nitrogens with one attached hydrogen (secondary N) is 1. The molecule has 180 valence electrons. The molecule has 0 saturated heterocycles. The van der Waals surface area contributed by atoms with Crippen LogP contribution < -0.4 is 23.8 Å². The summed E-state index contributed by atoms with van der Waals surface area (Å²) in [6.45, 7) is 1.58. The van der Waals surface area contributed by atoms with Gasteiger partial charge >= 0.3 is 0 Å². The van der Waals surface area contributed by atoms with Crippen molar-refractivity contribution in [3.63, 3.8) is 0 Å². The lowest BCUT2D eigenvalue weighted by Crippen LogP contribution is -2.40. The van der Waals surface area contributed by atoms with Gasteiger partial charge in [-0.05, 0) is 60.5 Å². The van der Waals surface area contributed by atoms with Gasteiger partial charge in [-0.15, -0.1) is 0 Å². The van der Waals surface area contributed by atoms with Gasteiger partial charge in [0.2, 0.25) is 5.91 Å². The number of ether oxygens (including phenoxy) is 3. The van der Waals surface area contributed by atoms with Crippen molar-refractivity contribution in [1.82, 2.24) is 5.32 Å². The van der Waals surface area contributed by atoms with Crippen LogP contribution in [-0.4, -0.2) is 42.2 Å². The molecule has 0 aliphatic carbocycles. The van der Waals surface area contributed by atoms with E-state index in [1.54, 1.807) is 68.6 Å². The van der Waals surface area contributed by atoms with Crippen molar-refractivity contribution in [1.29, 1.82) is 0 Å². The van der Waals surface area contributed by atoms with Gasteiger partial charge in [-0.1, -0.05) is 24.3 Å². The van der Waals surface area contributed by atoms with E-state index in [4.69, 9.17) is 14.2 Å². The van der Waals surface area contributed by atoms with E-state index in [9.17, 15) is 13.2 Å². The third kappa shape index (κ3) is 5.60. The quantitative estimate of drug-likeness (QED) is 0.473. The number of carbonyl (C=O) groups excluding carboxylic acids is 1. The highest BCUT2D eigenvalue weighted by atomic mass is 32.2. The molecule has 1 amide bonds. The van der Waals surface area contributed by atoms with Crippen molar-refractivity contribution in [2.24, 2.45) is 0 Å². The molecule has 0 bridgehead atoms. The Balaban J connectivity index is 1.83. The van der Waals surface area contributed by atoms with Crippen molar-refractivity contribution >= 4 is 21.6 Å². The van der Waals surface area contributed by atoms with Crippen LogP contribution >= 0.6 is 0 Å². The van der Waals surface area contributed by atoms with Crippen LogP contribution in [-0.2, 0) is 21.4 Å². The molecule has 0 aromatic heterocycles. The molecule has 0 saturated carbocycles. The Bertz CT molecular complexity index is 1250. The molecule has 9 heteroatoms. The molecule has 0 atom stereocenters. The number of carbonyl (C=O) groups is 1. The van der Waals surface area contributed by atoms with Gasteiger partial charge in [0.25, 0.3) is 10.0 Å². The Labute approximate surface area is 200 Å². The number of rotatable bonds is 10. The van der Waals surface area contributed by atoms with Crippen LogP contribution in [0.3, 0.4) is 0 Å². The Morgan fingerprint density at radius 2 is 1.50 bits per heavy atom. The molecule has 3 aromatic carbocycles. The van der Waals surface area contributed by atoms with Gasteiger partial charge in [-0.2, -0.15) is 0 Å². The summed E-state index contributed by atoms with van der Waals surface area (Å²) in [7, 11) is 0.580. The predicted molar refractivity (Wildman–Crippen MR) is 130 cm³/mol. The van der Waals surface area contributed by atoms with E-state index in [0.717, 1.165) is 9.87 Å². The number of hydrogen-bond donors (Lipinski definition) is 1. The second-order valence-corrected chi connectivity index (χ2v) is 9.31. The lowest BCUT2D eigenvalue weighted by Gasteiger charge is -2.24. The molecule has 0 radical (unpaired) electrons. The first-order valence-corrected chi connectivity index (χ1v) is 11.9. The van der Waals surface area contributed by atoms with Gasteiger partial charge in [0.15, 0.2) is 11.5 Å². The molecule has 0 aliphatic heterocycles. The van der Waals surface area contributed by atoms with Gasteiger partial charge in [-0.3, -0.25) is 9.10 Å². The lowest BCUT2D eigenvalue weighted by atomic mass is 10.2. The molecule has 0 fully saturated rings. The number of nitrogens with zero attached hydrogens (tertiary/aromatic N) is 1. The first-order chi connectivity index (χ1) is 16.3. The zero-order valence-corrected chi connectivity index (χ0v) is 20.4. The Kier molecular flexibility index (Phi) is 8.01. The van der Waals surface area contributed by atoms with Gasteiger partial charge in [0.05, 0.1) is 31.9 Å². The number of hydrogen-bond acceptors (Lipinski definition) is 6. The lowest BCUT2D eigenvalue weighted by molar-refractivity contribution is -0.119. The minimum atomic E-state index is -4.02. The van der Waals surface area contributed by atoms with E-state index >= 15 is 0 Å². The van der Waals surface area contributed by atoms with Gasteiger partial charge < -0.3 is 19.5 Å². The molecular formula is C25H28N2O6S. The van der Waals surface area contributed by atoms with E-state index < -0.39 is 15.9 Å². The van der Waals surface area contributed by atoms with Crippen molar-refractivity contribution in [2.45, 2.75) is 18.4 Å². The summed E-state index contributed by atoms with van der Waals surface area (Å²) >= 11 is 0. The second kappa shape index (κ2) is 10.9. The van der Waals surface area contributed by atoms with Crippen molar-refractivity contribution in [3.05, 3.63) is 77.9 Å². The number of amides is 1. The summed E-state index contributed by atoms with van der Waals surface area (Å²) in [5.41, 5.74) is 1.85. The SMILES string of the molecule is COc1ccc(S(=O)(=O)N(CC(=O)NCc2ccc(OC)c(OC)c2)c2ccccc2)cc1C. The zero-order chi connectivity index (χ0) is 24.7. The van der Waals surface area contributed by atoms with E-state index in [1.807, 2.05) is 0 Å². The minimum absolute atomic E-state index is 0.0716. The molecule has 8 nitrogen and oxygen atoms in total. The Hall–Kier alpha value is -3.72. The Morgan fingerprint density at radius 1 is 0.853 bits per heavy atom. The van der Waals surface area contributed by atoms with Crippen LogP contribution in [0.25, 0.3) is 0 Å². The van der Waals surface area contributed by atoms with E-state index in [2.05, 4.69) is 5.32 Å². The fraction of sp³-hybridized carbons (Fsp3) is 0.240. The molecule has 0 unspecified atom stereocenters. The third-order valence-corrected chi connectivity index (χ3v) is 6.99. The summed E-state index contributed by atoms with van der Waals surface area (Å²) in [5, 5.41) is 2.78. The first-order valence-electron chi connectivity index (χ1n) is 10.5. The monoisotopic (exact) mass is 484 g/mol. The van der Waals surface area contributed by atoms with Crippen molar-refractivity contribution in [2.75, 3.05) is 32.2 Å². The number of para-hydroxylation sites is 1. The standard InChI is InChI=1S/C25H28N2O6S/c1-18-14-21(11-13-22(18)31-2)34(29,30)27(20-8-6-5-7-9-20)17-25(28)26-16-19-10-12-23(32-3)24(15-19)33-4/h5-15H,16-17H2,1-4H3,(H,26,28). The van der Waals surface area contributed by atoms with E-state index in [-0.39, 0.29) is 18.0 Å². The highest BCUT2D eigenvalue weighted by Gasteiger charge is 2.27. The third-order valence-electron chi connectivity index (χ3n) is 5.22. The zero-order valence-electron chi connectivity index (χ0n) is 19.6. The van der Waals surface area contributed by atoms with Gasteiger partial charge in [0.1, 0.15) is 12.3 Å². The summed E-state index contributed by atoms with van der Waals surface area (Å²) < 4.78 is 43.9. The molecule has 0 aliphatic rings. The summed E-state index contributed by atoms with van der Waals surface area (Å²) in [4.78, 5) is 12.9. The minimum Gasteiger partial charge on any atom is -0.496 e. The number of sulfonamides is 1. The highest BCUT2D eigenvalue weighted by molar-refractivity contribution is 7.92. The van der Waals surface area contributed by atoms with Crippen molar-refractivity contribution in [3.8, 4) is 17.2 Å². The first kappa shape index (κ1) is 24.9. The van der Waals surface area contributed by atoms with Crippen LogP contribution in [0.2, 0.25) is 0 Å². The molecule has 3 rings (SSSR count). The molecule has 34 heavy (non-hydrogen) atoms. The molecule has 0 spiro atoms. The van der Waals surface area contributed by atoms with Gasteiger partial charge in [-0.25, -0.2) is 8.42 Å². The fourth-order valence-corrected chi connectivity index (χ4v) is 4.93. The van der Waals surface area contributed by atoms with Crippen LogP contribution in [0.4, 0.5) is 5.69 Å². The maximum absolute atomic E-state index is 13.5. The predicted octanol–water partition coefficient (Wildman–Crippen LogP) is 3.53. The largest absolute Gasteiger partial charge is 0.496 e. The van der Waals surface area contributed by atoms with Gasteiger partial charge in [0, 0.05) is 6.54 Å². The maximum atomic E-state index is 13.5. The second-order valence-electron chi connectivity index (χ2n) is 7.44. The smallest absolute Gasteiger partial charge is 0.264 e. The maximum Gasteiger partial charge on any atom is 0.264 e. The molecule has 1 N–H and O–H groups in total. The average molecular weight is 485 g/mol. The number of benzene rings is 3. The molecule has 0 heterocycles. The molecular weight excluding hydrogens is 456 g/mol. The average Bonchev–Trinajstić information content (AvgIpc) is 2.86. The topological polar surface area (TPSA) is 94.2 Å². The van der Waals surface area contributed by atoms with E-state index in [1.165, 1.54) is 26.4 Å². The number of aryl methyl sites for hydroxylation is 1. The van der Waals surface area contributed by atoms with Crippen molar-refractivity contribution < 1.29 is 27.4 Å². The van der Waals surface area contributed by atoms with Crippen LogP contribution in [0.15, 0.2) is 71.6 Å². The normalized spacial score (nSPS) is 10.9. The number of methoxy groups -OCH3 is 3. The summed E-state index contributed by atoms with van der Waals surface area (Å²) in [6, 6.07) is 18.4.